The Kier molecular flexibility index (Phi) is 3.47. The van der Waals surface area contributed by atoms with E-state index < -0.39 is 5.97 Å². The van der Waals surface area contributed by atoms with Crippen LogP contribution in [0, 0.1) is 5.82 Å². The predicted molar refractivity (Wildman–Crippen MR) is 63.6 cm³/mol. The van der Waals surface area contributed by atoms with Crippen LogP contribution in [-0.4, -0.2) is 27.6 Å². The van der Waals surface area contributed by atoms with E-state index in [1.807, 2.05) is 0 Å². The van der Waals surface area contributed by atoms with Gasteiger partial charge in [-0.25, -0.2) is 14.4 Å². The summed E-state index contributed by atoms with van der Waals surface area (Å²) in [6.45, 7) is -0.237. The fraction of sp³-hybridized carbons (Fsp3) is 0.0833. The van der Waals surface area contributed by atoms with Crippen LogP contribution in [0.25, 0.3) is 11.4 Å². The van der Waals surface area contributed by atoms with Gasteiger partial charge in [-0.3, -0.25) is 4.79 Å². The molecule has 1 aromatic carbocycles. The Hall–Kier alpha value is -2.50. The van der Waals surface area contributed by atoms with Crippen LogP contribution in [0.3, 0.4) is 0 Å². The molecule has 0 amide bonds. The highest BCUT2D eigenvalue weighted by Gasteiger charge is 2.04. The summed E-state index contributed by atoms with van der Waals surface area (Å²) in [5.74, 6) is -0.641. The normalized spacial score (nSPS) is 10.1. The van der Waals surface area contributed by atoms with Crippen LogP contribution in [-0.2, 0) is 4.79 Å². The SMILES string of the molecule is O=C(O)CNc1ccnc(-c2cccc(F)c2)n1. The summed E-state index contributed by atoms with van der Waals surface area (Å²) >= 11 is 0. The van der Waals surface area contributed by atoms with Crippen molar-refractivity contribution >= 4 is 11.8 Å². The number of carbonyl (C=O) groups is 1. The van der Waals surface area contributed by atoms with E-state index in [4.69, 9.17) is 5.11 Å². The zero-order valence-corrected chi connectivity index (χ0v) is 9.30. The molecule has 0 unspecified atom stereocenters. The minimum atomic E-state index is -0.985. The molecule has 0 aliphatic rings. The van der Waals surface area contributed by atoms with Crippen molar-refractivity contribution in [2.75, 3.05) is 11.9 Å². The van der Waals surface area contributed by atoms with Gasteiger partial charge in [-0.15, -0.1) is 0 Å². The highest BCUT2D eigenvalue weighted by molar-refractivity contribution is 5.72. The molecule has 0 aliphatic heterocycles. The third-order valence-electron chi connectivity index (χ3n) is 2.16. The third kappa shape index (κ3) is 3.00. The van der Waals surface area contributed by atoms with Crippen molar-refractivity contribution in [3.05, 3.63) is 42.3 Å². The van der Waals surface area contributed by atoms with Crippen molar-refractivity contribution < 1.29 is 14.3 Å². The Balaban J connectivity index is 2.24. The smallest absolute Gasteiger partial charge is 0.322 e. The number of anilines is 1. The van der Waals surface area contributed by atoms with Gasteiger partial charge in [0.25, 0.3) is 0 Å². The summed E-state index contributed by atoms with van der Waals surface area (Å²) in [7, 11) is 0. The van der Waals surface area contributed by atoms with Gasteiger partial charge in [0.05, 0.1) is 0 Å². The quantitative estimate of drug-likeness (QED) is 0.861. The van der Waals surface area contributed by atoms with Crippen LogP contribution >= 0.6 is 0 Å². The number of hydrogen-bond acceptors (Lipinski definition) is 4. The van der Waals surface area contributed by atoms with E-state index in [1.54, 1.807) is 18.2 Å². The van der Waals surface area contributed by atoms with E-state index in [-0.39, 0.29) is 12.4 Å². The third-order valence-corrected chi connectivity index (χ3v) is 2.16. The molecule has 2 rings (SSSR count). The Morgan fingerprint density at radius 1 is 1.39 bits per heavy atom. The second-order valence-electron chi connectivity index (χ2n) is 3.52. The van der Waals surface area contributed by atoms with E-state index >= 15 is 0 Å². The van der Waals surface area contributed by atoms with Crippen LogP contribution in [0.2, 0.25) is 0 Å². The molecule has 1 heterocycles. The first-order valence-electron chi connectivity index (χ1n) is 5.20. The topological polar surface area (TPSA) is 75.1 Å². The van der Waals surface area contributed by atoms with Crippen molar-refractivity contribution in [3.8, 4) is 11.4 Å². The minimum absolute atomic E-state index is 0.237. The number of nitrogens with one attached hydrogen (secondary N) is 1. The maximum atomic E-state index is 13.1. The number of benzene rings is 1. The zero-order valence-electron chi connectivity index (χ0n) is 9.30. The molecule has 0 spiro atoms. The molecule has 18 heavy (non-hydrogen) atoms. The van der Waals surface area contributed by atoms with Gasteiger partial charge < -0.3 is 10.4 Å². The fourth-order valence-electron chi connectivity index (χ4n) is 1.39. The lowest BCUT2D eigenvalue weighted by molar-refractivity contribution is -0.134. The Morgan fingerprint density at radius 3 is 2.94 bits per heavy atom. The van der Waals surface area contributed by atoms with Crippen LogP contribution < -0.4 is 5.32 Å². The first-order valence-corrected chi connectivity index (χ1v) is 5.20. The van der Waals surface area contributed by atoms with Crippen LogP contribution in [0.15, 0.2) is 36.5 Å². The lowest BCUT2D eigenvalue weighted by atomic mass is 10.2. The number of aromatic nitrogens is 2. The Bertz CT molecular complexity index is 575. The molecule has 5 nitrogen and oxygen atoms in total. The molecular weight excluding hydrogens is 237 g/mol. The summed E-state index contributed by atoms with van der Waals surface area (Å²) in [5.41, 5.74) is 0.536. The van der Waals surface area contributed by atoms with E-state index in [0.29, 0.717) is 17.2 Å². The van der Waals surface area contributed by atoms with Crippen molar-refractivity contribution in [1.82, 2.24) is 9.97 Å². The average molecular weight is 247 g/mol. The molecule has 0 atom stereocenters. The second-order valence-corrected chi connectivity index (χ2v) is 3.52. The van der Waals surface area contributed by atoms with Crippen molar-refractivity contribution in [1.29, 1.82) is 0 Å². The van der Waals surface area contributed by atoms with Crippen molar-refractivity contribution in [2.24, 2.45) is 0 Å². The molecule has 0 saturated carbocycles. The lowest BCUT2D eigenvalue weighted by Crippen LogP contribution is -2.13. The molecule has 0 bridgehead atoms. The lowest BCUT2D eigenvalue weighted by Gasteiger charge is -2.04. The minimum Gasteiger partial charge on any atom is -0.480 e. The van der Waals surface area contributed by atoms with E-state index in [0.717, 1.165) is 0 Å². The number of carboxylic acids is 1. The van der Waals surface area contributed by atoms with Gasteiger partial charge in [0.2, 0.25) is 0 Å². The van der Waals surface area contributed by atoms with Crippen molar-refractivity contribution in [3.63, 3.8) is 0 Å². The summed E-state index contributed by atoms with van der Waals surface area (Å²) in [5, 5.41) is 11.2. The first kappa shape index (κ1) is 12.0. The number of hydrogen-bond donors (Lipinski definition) is 2. The van der Waals surface area contributed by atoms with Gasteiger partial charge in [-0.1, -0.05) is 12.1 Å². The standard InChI is InChI=1S/C12H10FN3O2/c13-9-3-1-2-8(6-9)12-14-5-4-10(16-12)15-7-11(17)18/h1-6H,7H2,(H,17,18)(H,14,15,16). The van der Waals surface area contributed by atoms with E-state index in [9.17, 15) is 9.18 Å². The molecule has 6 heteroatoms. The summed E-state index contributed by atoms with van der Waals surface area (Å²) in [4.78, 5) is 18.5. The predicted octanol–water partition coefficient (Wildman–Crippen LogP) is 1.78. The van der Waals surface area contributed by atoms with E-state index in [2.05, 4.69) is 15.3 Å². The molecule has 0 radical (unpaired) electrons. The summed E-state index contributed by atoms with van der Waals surface area (Å²) in [6, 6.07) is 7.43. The van der Waals surface area contributed by atoms with Gasteiger partial charge in [0.1, 0.15) is 18.2 Å². The van der Waals surface area contributed by atoms with Gasteiger partial charge >= 0.3 is 5.97 Å². The summed E-state index contributed by atoms with van der Waals surface area (Å²) in [6.07, 6.45) is 1.48. The van der Waals surface area contributed by atoms with Crippen LogP contribution in [0.4, 0.5) is 10.2 Å². The van der Waals surface area contributed by atoms with Crippen molar-refractivity contribution in [2.45, 2.75) is 0 Å². The highest BCUT2D eigenvalue weighted by Crippen LogP contribution is 2.16. The molecule has 1 aromatic heterocycles. The highest BCUT2D eigenvalue weighted by atomic mass is 19.1. The molecule has 92 valence electrons. The number of carboxylic acid groups (broad SMARTS) is 1. The number of rotatable bonds is 4. The number of nitrogens with zero attached hydrogens (tertiary/aromatic N) is 2. The number of aliphatic carboxylic acids is 1. The molecule has 2 N–H and O–H groups in total. The van der Waals surface area contributed by atoms with E-state index in [1.165, 1.54) is 18.3 Å². The van der Waals surface area contributed by atoms with Gasteiger partial charge in [0.15, 0.2) is 5.82 Å². The maximum absolute atomic E-state index is 13.1. The fourth-order valence-corrected chi connectivity index (χ4v) is 1.39. The van der Waals surface area contributed by atoms with Crippen LogP contribution in [0.5, 0.6) is 0 Å². The summed E-state index contributed by atoms with van der Waals surface area (Å²) < 4.78 is 13.1. The Labute approximate surface area is 102 Å². The maximum Gasteiger partial charge on any atom is 0.322 e. The molecule has 0 saturated heterocycles. The van der Waals surface area contributed by atoms with Gasteiger partial charge in [-0.2, -0.15) is 0 Å². The molecule has 2 aromatic rings. The first-order chi connectivity index (χ1) is 8.65. The average Bonchev–Trinajstić information content (AvgIpc) is 2.37. The molecule has 0 fully saturated rings. The van der Waals surface area contributed by atoms with Gasteiger partial charge in [0, 0.05) is 11.8 Å². The molecular formula is C12H10FN3O2. The largest absolute Gasteiger partial charge is 0.480 e. The van der Waals surface area contributed by atoms with Crippen LogP contribution in [0.1, 0.15) is 0 Å². The molecule has 0 aliphatic carbocycles. The Morgan fingerprint density at radius 2 is 2.22 bits per heavy atom. The second kappa shape index (κ2) is 5.22. The zero-order chi connectivity index (χ0) is 13.0. The monoisotopic (exact) mass is 247 g/mol. The van der Waals surface area contributed by atoms with Gasteiger partial charge in [-0.05, 0) is 18.2 Å². The number of halogens is 1.